The summed E-state index contributed by atoms with van der Waals surface area (Å²) in [5, 5.41) is 14.3. The van der Waals surface area contributed by atoms with Crippen LogP contribution in [0.15, 0.2) is 6.20 Å². The molecule has 0 saturated carbocycles. The highest BCUT2D eigenvalue weighted by Gasteiger charge is 2.43. The van der Waals surface area contributed by atoms with Gasteiger partial charge < -0.3 is 10.6 Å². The number of carbonyl (C=O) groups is 2. The van der Waals surface area contributed by atoms with E-state index in [1.165, 1.54) is 6.92 Å². The van der Waals surface area contributed by atoms with E-state index in [0.717, 1.165) is 38.2 Å². The molecule has 150 valence electrons. The zero-order valence-corrected chi connectivity index (χ0v) is 16.9. The first-order valence-electron chi connectivity index (χ1n) is 9.91. The van der Waals surface area contributed by atoms with Crippen molar-refractivity contribution in [1.82, 2.24) is 30.5 Å². The van der Waals surface area contributed by atoms with Crippen LogP contribution in [0.5, 0.6) is 0 Å². The van der Waals surface area contributed by atoms with E-state index in [0.29, 0.717) is 25.0 Å². The highest BCUT2D eigenvalue weighted by atomic mass is 16.2. The van der Waals surface area contributed by atoms with Gasteiger partial charge >= 0.3 is 0 Å². The van der Waals surface area contributed by atoms with Crippen molar-refractivity contribution in [3.8, 4) is 0 Å². The molecule has 3 aliphatic rings. The van der Waals surface area contributed by atoms with Gasteiger partial charge in [-0.15, -0.1) is 5.10 Å². The first-order chi connectivity index (χ1) is 12.7. The predicted octanol–water partition coefficient (Wildman–Crippen LogP) is 0.538. The third-order valence-electron chi connectivity index (χ3n) is 5.72. The Bertz CT molecular complexity index is 680. The lowest BCUT2D eigenvalue weighted by molar-refractivity contribution is -0.133. The molecule has 27 heavy (non-hydrogen) atoms. The minimum absolute atomic E-state index is 0.00450. The lowest BCUT2D eigenvalue weighted by Gasteiger charge is -2.49. The van der Waals surface area contributed by atoms with E-state index < -0.39 is 0 Å². The van der Waals surface area contributed by atoms with E-state index in [9.17, 15) is 9.59 Å². The highest BCUT2D eigenvalue weighted by Crippen LogP contribution is 2.37. The second-order valence-corrected chi connectivity index (χ2v) is 8.89. The van der Waals surface area contributed by atoms with Gasteiger partial charge in [-0.1, -0.05) is 26.0 Å². The fraction of sp³-hybridized carbons (Fsp3) is 0.789. The van der Waals surface area contributed by atoms with Gasteiger partial charge in [0.15, 0.2) is 0 Å². The fourth-order valence-electron chi connectivity index (χ4n) is 4.13. The molecule has 4 rings (SSSR count). The van der Waals surface area contributed by atoms with Crippen LogP contribution in [0.25, 0.3) is 0 Å². The van der Waals surface area contributed by atoms with Crippen LogP contribution in [-0.2, 0) is 21.5 Å². The number of piperidine rings is 3. The Hall–Kier alpha value is -1.96. The summed E-state index contributed by atoms with van der Waals surface area (Å²) in [5.41, 5.74) is 1.01. The third-order valence-corrected chi connectivity index (χ3v) is 5.72. The molecule has 2 N–H and O–H groups in total. The van der Waals surface area contributed by atoms with Gasteiger partial charge in [-0.3, -0.25) is 19.2 Å². The summed E-state index contributed by atoms with van der Waals surface area (Å²) in [6.45, 7) is 11.6. The predicted molar refractivity (Wildman–Crippen MR) is 102 cm³/mol. The Morgan fingerprint density at radius 3 is 2.59 bits per heavy atom. The van der Waals surface area contributed by atoms with Crippen molar-refractivity contribution in [3.63, 3.8) is 0 Å². The van der Waals surface area contributed by atoms with Crippen molar-refractivity contribution in [1.29, 1.82) is 0 Å². The number of hydrogen-bond acceptors (Lipinski definition) is 5. The summed E-state index contributed by atoms with van der Waals surface area (Å²) in [6.07, 6.45) is 4.15. The zero-order valence-electron chi connectivity index (χ0n) is 16.9. The van der Waals surface area contributed by atoms with Gasteiger partial charge in [-0.2, -0.15) is 0 Å². The summed E-state index contributed by atoms with van der Waals surface area (Å²) < 4.78 is 1.95. The van der Waals surface area contributed by atoms with Crippen LogP contribution in [0, 0.1) is 11.8 Å². The van der Waals surface area contributed by atoms with E-state index >= 15 is 0 Å². The van der Waals surface area contributed by atoms with Crippen LogP contribution in [0.3, 0.4) is 0 Å². The normalized spacial score (nSPS) is 27.4. The summed E-state index contributed by atoms with van der Waals surface area (Å²) in [4.78, 5) is 25.9. The number of rotatable bonds is 6. The number of aromatic nitrogens is 3. The average molecular weight is 377 g/mol. The third kappa shape index (κ3) is 4.86. The largest absolute Gasteiger partial charge is 0.355 e. The van der Waals surface area contributed by atoms with Crippen LogP contribution < -0.4 is 10.6 Å². The quantitative estimate of drug-likeness (QED) is 0.707. The molecular formula is C19H32N6O2. The van der Waals surface area contributed by atoms with Crippen molar-refractivity contribution in [3.05, 3.63) is 11.9 Å². The number of fused-ring (bicyclic) bond motifs is 3. The Balaban J connectivity index is 1.52. The summed E-state index contributed by atoms with van der Waals surface area (Å²) in [7, 11) is 0. The van der Waals surface area contributed by atoms with Crippen LogP contribution in [0.4, 0.5) is 0 Å². The minimum atomic E-state index is -0.0716. The molecule has 0 spiro atoms. The average Bonchev–Trinajstić information content (AvgIpc) is 3.08. The van der Waals surface area contributed by atoms with Crippen LogP contribution in [0.1, 0.15) is 46.2 Å². The Morgan fingerprint density at radius 2 is 2.00 bits per heavy atom. The molecule has 3 aliphatic heterocycles. The molecule has 0 radical (unpaired) electrons. The molecule has 4 atom stereocenters. The van der Waals surface area contributed by atoms with Crippen molar-refractivity contribution >= 4 is 11.8 Å². The molecule has 2 amide bonds. The van der Waals surface area contributed by atoms with Crippen molar-refractivity contribution in [2.45, 2.75) is 58.5 Å². The van der Waals surface area contributed by atoms with E-state index in [-0.39, 0.29) is 23.1 Å². The summed E-state index contributed by atoms with van der Waals surface area (Å²) in [6, 6.07) is 0.418. The molecule has 1 aromatic rings. The molecule has 2 bridgehead atoms. The van der Waals surface area contributed by atoms with Crippen LogP contribution >= 0.6 is 0 Å². The number of hydrogen-bond donors (Lipinski definition) is 2. The smallest absolute Gasteiger partial charge is 0.224 e. The molecule has 3 fully saturated rings. The Morgan fingerprint density at radius 1 is 1.26 bits per heavy atom. The molecule has 0 aliphatic carbocycles. The highest BCUT2D eigenvalue weighted by molar-refractivity contribution is 5.79. The van der Waals surface area contributed by atoms with Gasteiger partial charge in [0.25, 0.3) is 0 Å². The maximum atomic E-state index is 12.5. The molecule has 8 nitrogen and oxygen atoms in total. The van der Waals surface area contributed by atoms with Crippen LogP contribution in [-0.4, -0.2) is 63.9 Å². The van der Waals surface area contributed by atoms with Gasteiger partial charge in [0.05, 0.1) is 18.2 Å². The van der Waals surface area contributed by atoms with E-state index in [1.54, 1.807) is 0 Å². The molecule has 1 aromatic heterocycles. The lowest BCUT2D eigenvalue weighted by atomic mass is 9.75. The molecule has 1 unspecified atom stereocenters. The fourth-order valence-corrected chi connectivity index (χ4v) is 4.13. The van der Waals surface area contributed by atoms with Crippen molar-refractivity contribution < 1.29 is 9.59 Å². The van der Waals surface area contributed by atoms with Crippen molar-refractivity contribution in [2.75, 3.05) is 26.2 Å². The molecule has 4 heterocycles. The Kier molecular flexibility index (Phi) is 5.83. The van der Waals surface area contributed by atoms with Gasteiger partial charge in [0.2, 0.25) is 11.8 Å². The van der Waals surface area contributed by atoms with Gasteiger partial charge in [-0.05, 0) is 25.3 Å². The standard InChI is InChI=1S/C19H32N6O2/c1-13(26)20-6-7-21-18(27)16-11-24-8-5-14(16)9-15(24)10-25-12-17(22-23-25)19(2,3)4/h12,14-16H,5-11H2,1-4H3,(H,20,26)(H,21,27)/t14-,15-,16+/m1/s1. The molecular weight excluding hydrogens is 344 g/mol. The monoisotopic (exact) mass is 376 g/mol. The van der Waals surface area contributed by atoms with Crippen molar-refractivity contribution in [2.24, 2.45) is 11.8 Å². The summed E-state index contributed by atoms with van der Waals surface area (Å²) >= 11 is 0. The first kappa shape index (κ1) is 19.8. The SMILES string of the molecule is CC(=O)NCCNC(=O)[C@H]1CN2CC[C@@H]1C[C@@H]2Cn1cc(C(C)(C)C)nn1. The lowest BCUT2D eigenvalue weighted by Crippen LogP contribution is -2.58. The van der Waals surface area contributed by atoms with E-state index in [4.69, 9.17) is 0 Å². The van der Waals surface area contributed by atoms with Crippen LogP contribution in [0.2, 0.25) is 0 Å². The van der Waals surface area contributed by atoms with Gasteiger partial charge in [0, 0.05) is 44.2 Å². The van der Waals surface area contributed by atoms with Gasteiger partial charge in [0.1, 0.15) is 0 Å². The van der Waals surface area contributed by atoms with Gasteiger partial charge in [-0.25, -0.2) is 0 Å². The second-order valence-electron chi connectivity index (χ2n) is 8.89. The number of amides is 2. The molecule has 0 aromatic carbocycles. The summed E-state index contributed by atoms with van der Waals surface area (Å²) in [5.74, 6) is 0.515. The number of carbonyl (C=O) groups excluding carboxylic acids is 2. The van der Waals surface area contributed by atoms with E-state index in [2.05, 4.69) is 52.8 Å². The van der Waals surface area contributed by atoms with E-state index in [1.807, 2.05) is 4.68 Å². The zero-order chi connectivity index (χ0) is 19.6. The number of nitrogens with zero attached hydrogens (tertiary/aromatic N) is 4. The first-order valence-corrected chi connectivity index (χ1v) is 9.91. The topological polar surface area (TPSA) is 92.2 Å². The molecule has 8 heteroatoms. The maximum absolute atomic E-state index is 12.5. The minimum Gasteiger partial charge on any atom is -0.355 e. The number of nitrogens with one attached hydrogen (secondary N) is 2. The Labute approximate surface area is 161 Å². The molecule has 3 saturated heterocycles. The maximum Gasteiger partial charge on any atom is 0.224 e. The second kappa shape index (κ2) is 7.96.